The Morgan fingerprint density at radius 2 is 2.00 bits per heavy atom. The zero-order valence-electron chi connectivity index (χ0n) is 16.5. The van der Waals surface area contributed by atoms with Crippen LogP contribution >= 0.6 is 11.3 Å². The number of carbonyl (C=O) groups excluding carboxylic acids is 2. The van der Waals surface area contributed by atoms with Crippen molar-refractivity contribution < 1.29 is 14.5 Å². The lowest BCUT2D eigenvalue weighted by Crippen LogP contribution is -2.59. The minimum absolute atomic E-state index is 0.0140. The number of hydrogen-bond donors (Lipinski definition) is 2. The van der Waals surface area contributed by atoms with Gasteiger partial charge in [-0.25, -0.2) is 15.4 Å². The van der Waals surface area contributed by atoms with Crippen LogP contribution in [-0.2, 0) is 16.0 Å². The maximum Gasteiger partial charge on any atom is 0.269 e. The Kier molecular flexibility index (Phi) is 4.77. The van der Waals surface area contributed by atoms with Crippen LogP contribution in [0.4, 0.5) is 10.8 Å². The zero-order valence-corrected chi connectivity index (χ0v) is 17.3. The van der Waals surface area contributed by atoms with E-state index in [1.807, 2.05) is 31.2 Å². The molecule has 1 aromatic heterocycles. The number of piperidine rings is 1. The second-order valence-corrected chi connectivity index (χ2v) is 8.83. The number of nitro benzene ring substituents is 1. The Balaban J connectivity index is 1.39. The summed E-state index contributed by atoms with van der Waals surface area (Å²) in [5.74, 6) is -1.84. The molecule has 2 aliphatic rings. The van der Waals surface area contributed by atoms with Crippen LogP contribution in [-0.4, -0.2) is 33.8 Å². The molecule has 1 amide bonds. The van der Waals surface area contributed by atoms with Crippen LogP contribution in [0.1, 0.15) is 12.5 Å². The highest BCUT2D eigenvalue weighted by Gasteiger charge is 2.52. The number of carbonyl (C=O) groups is 2. The molecule has 0 spiro atoms. The smallest absolute Gasteiger partial charge is 0.269 e. The summed E-state index contributed by atoms with van der Waals surface area (Å²) in [5, 5.41) is 16.3. The third-order valence-electron chi connectivity index (χ3n) is 5.86. The lowest BCUT2D eigenvalue weighted by Gasteiger charge is -2.35. The summed E-state index contributed by atoms with van der Waals surface area (Å²) in [7, 11) is 0. The largest absolute Gasteiger partial charge is 0.298 e. The number of nitro groups is 1. The van der Waals surface area contributed by atoms with Crippen LogP contribution in [0.3, 0.4) is 0 Å². The summed E-state index contributed by atoms with van der Waals surface area (Å²) in [6.07, 6.45) is -0.185. The second kappa shape index (κ2) is 7.49. The Morgan fingerprint density at radius 1 is 1.19 bits per heavy atom. The summed E-state index contributed by atoms with van der Waals surface area (Å²) in [6, 6.07) is 13.7. The molecule has 10 heteroatoms. The Hall–Kier alpha value is -3.21. The van der Waals surface area contributed by atoms with Crippen LogP contribution < -0.4 is 15.8 Å². The number of nitrogens with one attached hydrogen (secondary N) is 2. The Morgan fingerprint density at radius 3 is 2.77 bits per heavy atom. The second-order valence-electron chi connectivity index (χ2n) is 7.82. The number of non-ortho nitro benzene ring substituents is 1. The van der Waals surface area contributed by atoms with Gasteiger partial charge in [-0.15, -0.1) is 0 Å². The minimum Gasteiger partial charge on any atom is -0.298 e. The fourth-order valence-corrected chi connectivity index (χ4v) is 5.23. The number of aromatic nitrogens is 1. The molecule has 31 heavy (non-hydrogen) atoms. The van der Waals surface area contributed by atoms with E-state index >= 15 is 0 Å². The number of para-hydroxylation sites is 1. The van der Waals surface area contributed by atoms with E-state index in [4.69, 9.17) is 0 Å². The molecule has 0 bridgehead atoms. The van der Waals surface area contributed by atoms with Gasteiger partial charge >= 0.3 is 0 Å². The molecule has 0 radical (unpaired) electrons. The molecule has 158 valence electrons. The molecule has 2 saturated heterocycles. The van der Waals surface area contributed by atoms with E-state index in [0.717, 1.165) is 10.2 Å². The van der Waals surface area contributed by atoms with Gasteiger partial charge in [-0.3, -0.25) is 25.0 Å². The average Bonchev–Trinajstić information content (AvgIpc) is 3.32. The van der Waals surface area contributed by atoms with Crippen molar-refractivity contribution in [3.8, 4) is 0 Å². The molecular weight excluding hydrogens is 418 g/mol. The van der Waals surface area contributed by atoms with Gasteiger partial charge in [-0.2, -0.15) is 0 Å². The molecule has 2 aliphatic heterocycles. The number of benzene rings is 2. The fourth-order valence-electron chi connectivity index (χ4n) is 4.29. The van der Waals surface area contributed by atoms with Gasteiger partial charge in [0.2, 0.25) is 5.13 Å². The van der Waals surface area contributed by atoms with Gasteiger partial charge in [0, 0.05) is 24.1 Å². The van der Waals surface area contributed by atoms with Crippen LogP contribution in [0.15, 0.2) is 48.5 Å². The lowest BCUT2D eigenvalue weighted by molar-refractivity contribution is -0.384. The summed E-state index contributed by atoms with van der Waals surface area (Å²) in [4.78, 5) is 41.6. The van der Waals surface area contributed by atoms with Crippen molar-refractivity contribution >= 4 is 44.1 Å². The van der Waals surface area contributed by atoms with E-state index < -0.39 is 22.9 Å². The number of Topliss-reactive ketones (excluding diaryl/α,β-unsaturated/α-hetero) is 1. The van der Waals surface area contributed by atoms with Crippen LogP contribution in [0.25, 0.3) is 10.2 Å². The molecule has 2 N–H and O–H groups in total. The number of thiazole rings is 1. The van der Waals surface area contributed by atoms with Crippen molar-refractivity contribution in [3.63, 3.8) is 0 Å². The topological polar surface area (TPSA) is 117 Å². The van der Waals surface area contributed by atoms with E-state index in [9.17, 15) is 19.7 Å². The normalized spacial score (nSPS) is 25.8. The fraction of sp³-hybridized carbons (Fsp3) is 0.286. The van der Waals surface area contributed by atoms with Gasteiger partial charge in [0.15, 0.2) is 5.78 Å². The van der Waals surface area contributed by atoms with E-state index in [1.165, 1.54) is 28.5 Å². The first-order valence-corrected chi connectivity index (χ1v) is 10.7. The lowest BCUT2D eigenvalue weighted by atomic mass is 9.79. The van der Waals surface area contributed by atoms with Gasteiger partial charge in [-0.1, -0.05) is 35.6 Å². The predicted octanol–water partition coefficient (Wildman–Crippen LogP) is 2.42. The van der Waals surface area contributed by atoms with E-state index in [-0.39, 0.29) is 23.4 Å². The summed E-state index contributed by atoms with van der Waals surface area (Å²) in [5.41, 5.74) is 4.58. The average molecular weight is 437 g/mol. The number of amides is 1. The third-order valence-corrected chi connectivity index (χ3v) is 6.88. The molecule has 5 rings (SSSR count). The zero-order chi connectivity index (χ0) is 21.7. The van der Waals surface area contributed by atoms with Gasteiger partial charge in [-0.05, 0) is 31.0 Å². The highest BCUT2D eigenvalue weighted by atomic mass is 32.1. The van der Waals surface area contributed by atoms with Gasteiger partial charge in [0.1, 0.15) is 5.92 Å². The maximum atomic E-state index is 13.3. The summed E-state index contributed by atoms with van der Waals surface area (Å²) >= 11 is 1.38. The maximum absolute atomic E-state index is 13.3. The number of rotatable bonds is 4. The Labute approximate surface area is 181 Å². The number of fused-ring (bicyclic) bond motifs is 2. The van der Waals surface area contributed by atoms with E-state index in [0.29, 0.717) is 17.1 Å². The van der Waals surface area contributed by atoms with Crippen LogP contribution in [0.2, 0.25) is 0 Å². The van der Waals surface area contributed by atoms with Gasteiger partial charge < -0.3 is 0 Å². The minimum atomic E-state index is -0.869. The highest BCUT2D eigenvalue weighted by Crippen LogP contribution is 2.34. The first-order valence-electron chi connectivity index (χ1n) is 9.91. The number of hydrogen-bond acceptors (Lipinski definition) is 8. The number of nitrogens with zero attached hydrogens (tertiary/aromatic N) is 3. The molecule has 2 aromatic carbocycles. The molecule has 4 unspecified atom stereocenters. The molecule has 9 nitrogen and oxygen atoms in total. The molecule has 3 heterocycles. The molecule has 4 atom stereocenters. The summed E-state index contributed by atoms with van der Waals surface area (Å²) in [6.45, 7) is 1.89. The number of ketones is 1. The van der Waals surface area contributed by atoms with Crippen molar-refractivity contribution in [1.82, 2.24) is 15.7 Å². The first-order chi connectivity index (χ1) is 14.9. The van der Waals surface area contributed by atoms with Crippen molar-refractivity contribution in [2.24, 2.45) is 11.8 Å². The van der Waals surface area contributed by atoms with Gasteiger partial charge in [0.25, 0.3) is 11.6 Å². The number of anilines is 1. The molecular formula is C21H19N5O4S. The van der Waals surface area contributed by atoms with Crippen LogP contribution in [0.5, 0.6) is 0 Å². The third kappa shape index (κ3) is 3.38. The standard InChI is InChI=1S/C21H19N5O4S/c1-11-14(10-12-5-4-6-13(9-12)26(29)30)18(27)17-19(22-11)24-25(20(17)28)21-23-15-7-2-3-8-16(15)31-21/h2-9,11,14,17,19,22,24H,10H2,1H3. The first kappa shape index (κ1) is 19.7. The highest BCUT2D eigenvalue weighted by molar-refractivity contribution is 7.22. The molecule has 2 fully saturated rings. The molecule has 0 aliphatic carbocycles. The quantitative estimate of drug-likeness (QED) is 0.366. The summed E-state index contributed by atoms with van der Waals surface area (Å²) < 4.78 is 0.957. The van der Waals surface area contributed by atoms with Crippen molar-refractivity contribution in [1.29, 1.82) is 0 Å². The van der Waals surface area contributed by atoms with Crippen molar-refractivity contribution in [3.05, 3.63) is 64.2 Å². The Bertz CT molecular complexity index is 1180. The van der Waals surface area contributed by atoms with Crippen molar-refractivity contribution in [2.45, 2.75) is 25.6 Å². The SMILES string of the molecule is CC1NC2NN(c3nc4ccccc4s3)C(=O)C2C(=O)C1Cc1cccc([N+](=O)[O-])c1. The van der Waals surface area contributed by atoms with Crippen LogP contribution in [0, 0.1) is 22.0 Å². The molecule has 0 saturated carbocycles. The molecule has 3 aromatic rings. The van der Waals surface area contributed by atoms with Crippen molar-refractivity contribution in [2.75, 3.05) is 5.01 Å². The number of hydrazine groups is 1. The monoisotopic (exact) mass is 437 g/mol. The predicted molar refractivity (Wildman–Crippen MR) is 115 cm³/mol. The van der Waals surface area contributed by atoms with E-state index in [2.05, 4.69) is 15.7 Å². The van der Waals surface area contributed by atoms with E-state index in [1.54, 1.807) is 12.1 Å². The van der Waals surface area contributed by atoms with Gasteiger partial charge in [0.05, 0.1) is 21.3 Å².